The zero-order chi connectivity index (χ0) is 23.7. The molecule has 2 N–H and O–H groups in total. The lowest BCUT2D eigenvalue weighted by Gasteiger charge is -2.12. The van der Waals surface area contributed by atoms with E-state index < -0.39 is 5.56 Å². The second kappa shape index (κ2) is 9.09. The van der Waals surface area contributed by atoms with Crippen LogP contribution < -0.4 is 5.56 Å². The largest absolute Gasteiger partial charge is 0.494 e. The first-order chi connectivity index (χ1) is 16.5. The van der Waals surface area contributed by atoms with Crippen LogP contribution in [0.3, 0.4) is 0 Å². The molecule has 0 radical (unpaired) electrons. The second-order valence-corrected chi connectivity index (χ2v) is 8.45. The number of nitrogens with zero attached hydrogens (tertiary/aromatic N) is 2. The van der Waals surface area contributed by atoms with E-state index in [4.69, 9.17) is 28.8 Å². The predicted octanol–water partition coefficient (Wildman–Crippen LogP) is 6.18. The van der Waals surface area contributed by atoms with E-state index in [1.54, 1.807) is 30.3 Å². The average Bonchev–Trinajstić information content (AvgIpc) is 3.28. The fourth-order valence-electron chi connectivity index (χ4n) is 3.78. The van der Waals surface area contributed by atoms with Crippen molar-refractivity contribution in [3.05, 3.63) is 134 Å². The molecule has 2 heterocycles. The van der Waals surface area contributed by atoms with Gasteiger partial charge in [0.1, 0.15) is 5.56 Å². The van der Waals surface area contributed by atoms with Gasteiger partial charge in [0.2, 0.25) is 5.88 Å². The Labute approximate surface area is 205 Å². The van der Waals surface area contributed by atoms with E-state index in [9.17, 15) is 9.90 Å². The van der Waals surface area contributed by atoms with Crippen molar-refractivity contribution in [2.24, 2.45) is 4.99 Å². The minimum Gasteiger partial charge on any atom is -0.494 e. The normalized spacial score (nSPS) is 14.2. The van der Waals surface area contributed by atoms with Crippen LogP contribution in [-0.4, -0.2) is 20.4 Å². The summed E-state index contributed by atoms with van der Waals surface area (Å²) in [5.41, 5.74) is 4.20. The van der Waals surface area contributed by atoms with E-state index in [0.717, 1.165) is 22.4 Å². The lowest BCUT2D eigenvalue weighted by Crippen LogP contribution is -2.16. The molecule has 166 valence electrons. The fraction of sp³-hybridized carbons (Fsp3) is 0. The van der Waals surface area contributed by atoms with Crippen LogP contribution in [0, 0.1) is 4.77 Å². The molecular weight excluding hydrogens is 466 g/mol. The van der Waals surface area contributed by atoms with Gasteiger partial charge in [-0.15, -0.1) is 0 Å². The third-order valence-electron chi connectivity index (χ3n) is 5.44. The van der Waals surface area contributed by atoms with Crippen LogP contribution in [0.15, 0.2) is 106 Å². The SMILES string of the molecule is O=c1[nH]c(=S)n(-c2ccc(Cl)cc2)c(O)c1C=C1N=C(c2ccccc2)C=C1c1ccccc1. The monoisotopic (exact) mass is 483 g/mol. The first-order valence-electron chi connectivity index (χ1n) is 10.5. The van der Waals surface area contributed by atoms with E-state index in [1.807, 2.05) is 66.7 Å². The van der Waals surface area contributed by atoms with Gasteiger partial charge < -0.3 is 5.11 Å². The molecule has 0 unspecified atom stereocenters. The minimum absolute atomic E-state index is 0.0541. The molecule has 0 bridgehead atoms. The van der Waals surface area contributed by atoms with Gasteiger partial charge in [0, 0.05) is 16.2 Å². The van der Waals surface area contributed by atoms with Gasteiger partial charge in [-0.2, -0.15) is 0 Å². The number of aromatic hydroxyl groups is 1. The van der Waals surface area contributed by atoms with Crippen molar-refractivity contribution < 1.29 is 5.11 Å². The topological polar surface area (TPSA) is 70.4 Å². The molecular formula is C27H18ClN3O2S. The van der Waals surface area contributed by atoms with Crippen LogP contribution in [0.4, 0.5) is 0 Å². The number of rotatable bonds is 4. The van der Waals surface area contributed by atoms with Crippen molar-refractivity contribution in [2.45, 2.75) is 0 Å². The fourth-order valence-corrected chi connectivity index (χ4v) is 4.19. The Morgan fingerprint density at radius 3 is 2.18 bits per heavy atom. The lowest BCUT2D eigenvalue weighted by molar-refractivity contribution is 0.432. The Hall–Kier alpha value is -4.00. The Morgan fingerprint density at radius 2 is 1.53 bits per heavy atom. The van der Waals surface area contributed by atoms with E-state index in [-0.39, 0.29) is 16.2 Å². The summed E-state index contributed by atoms with van der Waals surface area (Å²) in [6, 6.07) is 26.4. The number of hydrogen-bond donors (Lipinski definition) is 2. The molecule has 34 heavy (non-hydrogen) atoms. The maximum atomic E-state index is 12.9. The summed E-state index contributed by atoms with van der Waals surface area (Å²) in [5, 5.41) is 11.7. The molecule has 5 rings (SSSR count). The molecule has 0 saturated heterocycles. The third-order valence-corrected chi connectivity index (χ3v) is 5.98. The summed E-state index contributed by atoms with van der Waals surface area (Å²) >= 11 is 11.3. The van der Waals surface area contributed by atoms with Crippen molar-refractivity contribution in [3.8, 4) is 11.6 Å². The highest BCUT2D eigenvalue weighted by Gasteiger charge is 2.20. The van der Waals surface area contributed by atoms with Crippen molar-refractivity contribution in [2.75, 3.05) is 0 Å². The second-order valence-electron chi connectivity index (χ2n) is 7.63. The highest BCUT2D eigenvalue weighted by molar-refractivity contribution is 7.71. The molecule has 1 aliphatic rings. The van der Waals surface area contributed by atoms with Gasteiger partial charge in [0.25, 0.3) is 5.56 Å². The summed E-state index contributed by atoms with van der Waals surface area (Å²) in [7, 11) is 0. The predicted molar refractivity (Wildman–Crippen MR) is 139 cm³/mol. The molecule has 0 amide bonds. The molecule has 7 heteroatoms. The number of hydrogen-bond acceptors (Lipinski definition) is 4. The molecule has 0 saturated carbocycles. The summed E-state index contributed by atoms with van der Waals surface area (Å²) < 4.78 is 1.47. The van der Waals surface area contributed by atoms with Crippen molar-refractivity contribution >= 4 is 41.2 Å². The summed E-state index contributed by atoms with van der Waals surface area (Å²) in [6.07, 6.45) is 3.57. The number of allylic oxidation sites excluding steroid dienone is 2. The van der Waals surface area contributed by atoms with E-state index in [1.165, 1.54) is 4.57 Å². The Balaban J connectivity index is 1.70. The highest BCUT2D eigenvalue weighted by atomic mass is 35.5. The number of halogens is 1. The molecule has 0 fully saturated rings. The number of aliphatic imine (C=N–C) groups is 1. The van der Waals surface area contributed by atoms with Crippen LogP contribution in [0.5, 0.6) is 5.88 Å². The van der Waals surface area contributed by atoms with E-state index >= 15 is 0 Å². The lowest BCUT2D eigenvalue weighted by atomic mass is 10.0. The maximum Gasteiger partial charge on any atom is 0.262 e. The van der Waals surface area contributed by atoms with Crippen LogP contribution in [0.2, 0.25) is 5.02 Å². The Kier molecular flexibility index (Phi) is 5.84. The van der Waals surface area contributed by atoms with Gasteiger partial charge >= 0.3 is 0 Å². The van der Waals surface area contributed by atoms with Crippen LogP contribution >= 0.6 is 23.8 Å². The van der Waals surface area contributed by atoms with Crippen LogP contribution in [0.25, 0.3) is 17.3 Å². The van der Waals surface area contributed by atoms with Gasteiger partial charge in [0.05, 0.1) is 17.1 Å². The first-order valence-corrected chi connectivity index (χ1v) is 11.3. The quantitative estimate of drug-likeness (QED) is 0.340. The minimum atomic E-state index is -0.504. The maximum absolute atomic E-state index is 12.9. The standard InChI is InChI=1S/C27H18ClN3O2S/c28-19-11-13-20(14-12-19)31-26(33)22(25(32)30-27(31)34)16-24-21(17-7-3-1-4-8-17)15-23(29-24)18-9-5-2-6-10-18/h1-16,33H,(H,30,32,34). The molecule has 4 aromatic rings. The summed E-state index contributed by atoms with van der Waals surface area (Å²) in [6.45, 7) is 0. The van der Waals surface area contributed by atoms with Gasteiger partial charge in [-0.25, -0.2) is 4.99 Å². The van der Waals surface area contributed by atoms with Crippen LogP contribution in [-0.2, 0) is 0 Å². The van der Waals surface area contributed by atoms with Gasteiger partial charge in [-0.05, 0) is 54.2 Å². The molecule has 0 spiro atoms. The van der Waals surface area contributed by atoms with E-state index in [2.05, 4.69) is 4.98 Å². The van der Waals surface area contributed by atoms with E-state index in [0.29, 0.717) is 16.4 Å². The van der Waals surface area contributed by atoms with Gasteiger partial charge in [-0.1, -0.05) is 72.3 Å². The average molecular weight is 484 g/mol. The smallest absolute Gasteiger partial charge is 0.262 e. The first kappa shape index (κ1) is 21.8. The Morgan fingerprint density at radius 1 is 0.912 bits per heavy atom. The van der Waals surface area contributed by atoms with Crippen LogP contribution in [0.1, 0.15) is 16.7 Å². The van der Waals surface area contributed by atoms with Crippen molar-refractivity contribution in [1.82, 2.24) is 9.55 Å². The highest BCUT2D eigenvalue weighted by Crippen LogP contribution is 2.33. The summed E-state index contributed by atoms with van der Waals surface area (Å²) in [5.74, 6) is -0.278. The van der Waals surface area contributed by atoms with Gasteiger partial charge in [0.15, 0.2) is 4.77 Å². The number of nitrogens with one attached hydrogen (secondary N) is 1. The molecule has 1 aliphatic heterocycles. The molecule has 0 atom stereocenters. The van der Waals surface area contributed by atoms with Gasteiger partial charge in [-0.3, -0.25) is 14.3 Å². The molecule has 3 aromatic carbocycles. The number of aromatic nitrogens is 2. The molecule has 1 aromatic heterocycles. The number of aromatic amines is 1. The molecule has 0 aliphatic carbocycles. The third kappa shape index (κ3) is 4.17. The molecule has 5 nitrogen and oxygen atoms in total. The number of H-pyrrole nitrogens is 1. The summed E-state index contributed by atoms with van der Waals surface area (Å²) in [4.78, 5) is 20.3. The van der Waals surface area contributed by atoms with Crippen molar-refractivity contribution in [1.29, 1.82) is 0 Å². The van der Waals surface area contributed by atoms with Crippen molar-refractivity contribution in [3.63, 3.8) is 0 Å². The zero-order valence-electron chi connectivity index (χ0n) is 17.8. The zero-order valence-corrected chi connectivity index (χ0v) is 19.3. The number of benzene rings is 3. The Bertz CT molecular complexity index is 1580.